The molecule has 0 aliphatic carbocycles. The number of anilines is 1. The number of carbonyl (C=O) groups excluding carboxylic acids is 1. The Hall–Kier alpha value is -3.52. The van der Waals surface area contributed by atoms with Crippen molar-refractivity contribution in [1.82, 2.24) is 5.32 Å². The van der Waals surface area contributed by atoms with E-state index in [1.54, 1.807) is 18.2 Å². The lowest BCUT2D eigenvalue weighted by atomic mass is 10.1. The topological polar surface area (TPSA) is 93.5 Å². The Morgan fingerprint density at radius 3 is 2.52 bits per heavy atom. The second-order valence-electron chi connectivity index (χ2n) is 5.61. The number of thiocarbonyl (C=S) groups is 1. The molecule has 3 aromatic carbocycles. The van der Waals surface area contributed by atoms with Crippen molar-refractivity contribution < 1.29 is 14.5 Å². The van der Waals surface area contributed by atoms with Gasteiger partial charge in [-0.05, 0) is 47.3 Å². The van der Waals surface area contributed by atoms with Gasteiger partial charge in [0.15, 0.2) is 10.9 Å². The summed E-state index contributed by atoms with van der Waals surface area (Å²) >= 11 is 5.13. The normalized spacial score (nSPS) is 10.3. The van der Waals surface area contributed by atoms with Crippen LogP contribution in [0.1, 0.15) is 10.4 Å². The second kappa shape index (κ2) is 7.79. The Balaban J connectivity index is 1.72. The molecule has 0 spiro atoms. The molecule has 2 N–H and O–H groups in total. The third-order valence-corrected chi connectivity index (χ3v) is 4.08. The number of nitro benzene ring substituents is 1. The summed E-state index contributed by atoms with van der Waals surface area (Å²) in [6.45, 7) is 0. The maximum absolute atomic E-state index is 12.4. The molecule has 0 heterocycles. The number of methoxy groups -OCH3 is 1. The van der Waals surface area contributed by atoms with Crippen LogP contribution in [-0.2, 0) is 0 Å². The summed E-state index contributed by atoms with van der Waals surface area (Å²) in [6.07, 6.45) is 0. The fraction of sp³-hybridized carbons (Fsp3) is 0.0526. The largest absolute Gasteiger partial charge is 0.490 e. The van der Waals surface area contributed by atoms with Gasteiger partial charge in [-0.2, -0.15) is 0 Å². The van der Waals surface area contributed by atoms with Gasteiger partial charge in [-0.1, -0.05) is 30.3 Å². The van der Waals surface area contributed by atoms with Crippen molar-refractivity contribution in [3.05, 3.63) is 76.3 Å². The van der Waals surface area contributed by atoms with Crippen LogP contribution in [0, 0.1) is 10.1 Å². The van der Waals surface area contributed by atoms with Gasteiger partial charge >= 0.3 is 5.69 Å². The second-order valence-corrected chi connectivity index (χ2v) is 6.02. The minimum Gasteiger partial charge on any atom is -0.490 e. The summed E-state index contributed by atoms with van der Waals surface area (Å²) in [7, 11) is 1.35. The predicted molar refractivity (Wildman–Crippen MR) is 107 cm³/mol. The van der Waals surface area contributed by atoms with Crippen LogP contribution in [0.2, 0.25) is 0 Å². The summed E-state index contributed by atoms with van der Waals surface area (Å²) in [5.74, 6) is -0.238. The van der Waals surface area contributed by atoms with E-state index in [9.17, 15) is 14.9 Å². The smallest absolute Gasteiger partial charge is 0.312 e. The highest BCUT2D eigenvalue weighted by Crippen LogP contribution is 2.29. The Morgan fingerprint density at radius 1 is 1.07 bits per heavy atom. The molecule has 0 aliphatic heterocycles. The number of nitrogens with zero attached hydrogens (tertiary/aromatic N) is 1. The van der Waals surface area contributed by atoms with Gasteiger partial charge < -0.3 is 10.1 Å². The molecule has 8 heteroatoms. The fourth-order valence-electron chi connectivity index (χ4n) is 2.58. The summed E-state index contributed by atoms with van der Waals surface area (Å²) in [5.41, 5.74) is 0.621. The predicted octanol–water partition coefficient (Wildman–Crippen LogP) is 3.88. The number of nitrogens with one attached hydrogen (secondary N) is 2. The first-order valence-corrected chi connectivity index (χ1v) is 8.32. The molecule has 0 atom stereocenters. The Labute approximate surface area is 160 Å². The van der Waals surface area contributed by atoms with Crippen LogP contribution in [0.5, 0.6) is 5.75 Å². The maximum Gasteiger partial charge on any atom is 0.312 e. The molecule has 0 aromatic heterocycles. The van der Waals surface area contributed by atoms with Crippen molar-refractivity contribution in [3.63, 3.8) is 0 Å². The van der Waals surface area contributed by atoms with Crippen molar-refractivity contribution in [3.8, 4) is 5.75 Å². The lowest BCUT2D eigenvalue weighted by Crippen LogP contribution is -2.34. The molecule has 0 saturated heterocycles. The van der Waals surface area contributed by atoms with Gasteiger partial charge in [-0.3, -0.25) is 20.2 Å². The minimum absolute atomic E-state index is 0.0348. The molecule has 3 aromatic rings. The molecular formula is C19H15N3O4S. The van der Waals surface area contributed by atoms with E-state index in [1.165, 1.54) is 19.2 Å². The number of benzene rings is 3. The van der Waals surface area contributed by atoms with Crippen molar-refractivity contribution in [2.75, 3.05) is 12.4 Å². The number of rotatable bonds is 4. The van der Waals surface area contributed by atoms with Gasteiger partial charge in [-0.25, -0.2) is 0 Å². The highest BCUT2D eigenvalue weighted by molar-refractivity contribution is 7.80. The number of nitro groups is 1. The Bertz CT molecular complexity index is 1050. The third-order valence-electron chi connectivity index (χ3n) is 3.87. The summed E-state index contributed by atoms with van der Waals surface area (Å²) in [4.78, 5) is 22.9. The van der Waals surface area contributed by atoms with E-state index in [1.807, 2.05) is 30.3 Å². The average molecular weight is 381 g/mol. The number of hydrogen-bond donors (Lipinski definition) is 2. The van der Waals surface area contributed by atoms with Gasteiger partial charge in [0.1, 0.15) is 0 Å². The Kier molecular flexibility index (Phi) is 5.28. The zero-order valence-corrected chi connectivity index (χ0v) is 15.1. The average Bonchev–Trinajstić information content (AvgIpc) is 2.67. The van der Waals surface area contributed by atoms with E-state index in [4.69, 9.17) is 17.0 Å². The molecule has 0 unspecified atom stereocenters. The van der Waals surface area contributed by atoms with Gasteiger partial charge in [0.05, 0.1) is 12.0 Å². The first-order valence-electron chi connectivity index (χ1n) is 7.91. The SMILES string of the molecule is COc1ccc(NC(=S)NC(=O)c2ccc3ccccc3c2)cc1[N+](=O)[O-]. The molecule has 0 fully saturated rings. The molecule has 27 heavy (non-hydrogen) atoms. The van der Waals surface area contributed by atoms with Gasteiger partial charge in [-0.15, -0.1) is 0 Å². The minimum atomic E-state index is -0.555. The quantitative estimate of drug-likeness (QED) is 0.405. The highest BCUT2D eigenvalue weighted by Gasteiger charge is 2.16. The van der Waals surface area contributed by atoms with E-state index in [0.29, 0.717) is 11.3 Å². The molecule has 7 nitrogen and oxygen atoms in total. The molecule has 1 amide bonds. The molecular weight excluding hydrogens is 366 g/mol. The number of ether oxygens (including phenoxy) is 1. The van der Waals surface area contributed by atoms with E-state index in [2.05, 4.69) is 10.6 Å². The van der Waals surface area contributed by atoms with Crippen LogP contribution in [0.25, 0.3) is 10.8 Å². The molecule has 0 saturated carbocycles. The van der Waals surface area contributed by atoms with Crippen molar-refractivity contribution in [2.24, 2.45) is 0 Å². The highest BCUT2D eigenvalue weighted by atomic mass is 32.1. The molecule has 0 bridgehead atoms. The summed E-state index contributed by atoms with van der Waals surface area (Å²) in [6, 6.07) is 17.3. The summed E-state index contributed by atoms with van der Waals surface area (Å²) < 4.78 is 4.95. The van der Waals surface area contributed by atoms with Gasteiger partial charge in [0.25, 0.3) is 5.91 Å². The van der Waals surface area contributed by atoms with E-state index >= 15 is 0 Å². The van der Waals surface area contributed by atoms with Crippen LogP contribution in [0.4, 0.5) is 11.4 Å². The lowest BCUT2D eigenvalue weighted by molar-refractivity contribution is -0.385. The zero-order chi connectivity index (χ0) is 19.4. The zero-order valence-electron chi connectivity index (χ0n) is 14.3. The van der Waals surface area contributed by atoms with Crippen LogP contribution in [0.3, 0.4) is 0 Å². The van der Waals surface area contributed by atoms with Crippen LogP contribution in [-0.4, -0.2) is 23.1 Å². The van der Waals surface area contributed by atoms with Gasteiger partial charge in [0, 0.05) is 17.3 Å². The lowest BCUT2D eigenvalue weighted by Gasteiger charge is -2.11. The van der Waals surface area contributed by atoms with Crippen molar-refractivity contribution >= 4 is 45.4 Å². The molecule has 136 valence electrons. The van der Waals surface area contributed by atoms with Crippen molar-refractivity contribution in [2.45, 2.75) is 0 Å². The van der Waals surface area contributed by atoms with Gasteiger partial charge in [0.2, 0.25) is 0 Å². The molecule has 0 radical (unpaired) electrons. The number of amides is 1. The van der Waals surface area contributed by atoms with Crippen LogP contribution >= 0.6 is 12.2 Å². The Morgan fingerprint density at radius 2 is 1.81 bits per heavy atom. The number of hydrogen-bond acceptors (Lipinski definition) is 5. The first kappa shape index (κ1) is 18.3. The standard InChI is InChI=1S/C19H15N3O4S/c1-26-17-9-8-15(11-16(17)22(24)25)20-19(27)21-18(23)14-7-6-12-4-2-3-5-13(12)10-14/h2-11H,1H3,(H2,20,21,23,27). The van der Waals surface area contributed by atoms with E-state index in [-0.39, 0.29) is 22.5 Å². The van der Waals surface area contributed by atoms with E-state index < -0.39 is 4.92 Å². The number of fused-ring (bicyclic) bond motifs is 1. The summed E-state index contributed by atoms with van der Waals surface area (Å²) in [5, 5.41) is 18.4. The van der Waals surface area contributed by atoms with E-state index in [0.717, 1.165) is 10.8 Å². The van der Waals surface area contributed by atoms with Crippen molar-refractivity contribution in [1.29, 1.82) is 0 Å². The molecule has 3 rings (SSSR count). The maximum atomic E-state index is 12.4. The first-order chi connectivity index (χ1) is 13.0. The fourth-order valence-corrected chi connectivity index (χ4v) is 2.79. The molecule has 0 aliphatic rings. The van der Waals surface area contributed by atoms with Crippen LogP contribution in [0.15, 0.2) is 60.7 Å². The van der Waals surface area contributed by atoms with Crippen LogP contribution < -0.4 is 15.4 Å². The monoisotopic (exact) mass is 381 g/mol. The third kappa shape index (κ3) is 4.18. The number of carbonyl (C=O) groups is 1.